The fourth-order valence-corrected chi connectivity index (χ4v) is 2.16. The standard InChI is InChI=1S/C17H15Cl2N3O2/c1-11-5-7-12(8-6-11)17(24)20-10-15(23)22-21-9-13-3-2-4-14(18)16(13)19/h2-9H,10H2,1H3,(H,20,24)(H,22,23)/b21-9-. The molecule has 0 unspecified atom stereocenters. The van der Waals surface area contributed by atoms with Gasteiger partial charge in [0.1, 0.15) is 0 Å². The summed E-state index contributed by atoms with van der Waals surface area (Å²) in [5.74, 6) is -0.781. The molecule has 0 aliphatic carbocycles. The molecule has 2 rings (SSSR count). The number of aryl methyl sites for hydroxylation is 1. The van der Waals surface area contributed by atoms with Gasteiger partial charge < -0.3 is 5.32 Å². The fourth-order valence-electron chi connectivity index (χ4n) is 1.80. The molecular formula is C17H15Cl2N3O2. The number of carbonyl (C=O) groups is 2. The molecular weight excluding hydrogens is 349 g/mol. The van der Waals surface area contributed by atoms with Crippen LogP contribution in [0.15, 0.2) is 47.6 Å². The summed E-state index contributed by atoms with van der Waals surface area (Å²) in [4.78, 5) is 23.6. The fraction of sp³-hybridized carbons (Fsp3) is 0.118. The van der Waals surface area contributed by atoms with Crippen molar-refractivity contribution in [3.8, 4) is 0 Å². The Hall–Kier alpha value is -2.37. The Bertz CT molecular complexity index is 774. The molecule has 0 spiro atoms. The molecule has 2 N–H and O–H groups in total. The van der Waals surface area contributed by atoms with Crippen LogP contribution in [-0.4, -0.2) is 24.6 Å². The molecule has 0 radical (unpaired) electrons. The maximum atomic E-state index is 11.9. The summed E-state index contributed by atoms with van der Waals surface area (Å²) in [6, 6.07) is 12.1. The van der Waals surface area contributed by atoms with Crippen molar-refractivity contribution in [3.63, 3.8) is 0 Å². The number of hydrogen-bond acceptors (Lipinski definition) is 3. The molecule has 24 heavy (non-hydrogen) atoms. The summed E-state index contributed by atoms with van der Waals surface area (Å²) < 4.78 is 0. The van der Waals surface area contributed by atoms with Gasteiger partial charge in [0.2, 0.25) is 0 Å². The highest BCUT2D eigenvalue weighted by Crippen LogP contribution is 2.23. The number of rotatable bonds is 5. The van der Waals surface area contributed by atoms with Gasteiger partial charge in [-0.15, -0.1) is 0 Å². The number of nitrogens with one attached hydrogen (secondary N) is 2. The normalized spacial score (nSPS) is 10.6. The molecule has 2 aromatic carbocycles. The van der Waals surface area contributed by atoms with Gasteiger partial charge >= 0.3 is 0 Å². The quantitative estimate of drug-likeness (QED) is 0.632. The van der Waals surface area contributed by atoms with Gasteiger partial charge in [-0.3, -0.25) is 9.59 Å². The second-order valence-corrected chi connectivity index (χ2v) is 5.77. The first-order chi connectivity index (χ1) is 11.5. The lowest BCUT2D eigenvalue weighted by Crippen LogP contribution is -2.34. The minimum Gasteiger partial charge on any atom is -0.343 e. The van der Waals surface area contributed by atoms with E-state index in [2.05, 4.69) is 15.8 Å². The number of nitrogens with zero attached hydrogens (tertiary/aromatic N) is 1. The third kappa shape index (κ3) is 5.08. The van der Waals surface area contributed by atoms with Gasteiger partial charge in [-0.2, -0.15) is 5.10 Å². The SMILES string of the molecule is Cc1ccc(C(=O)NCC(=O)N/N=C\c2cccc(Cl)c2Cl)cc1. The van der Waals surface area contributed by atoms with Gasteiger partial charge in [-0.05, 0) is 25.1 Å². The molecule has 0 saturated heterocycles. The Morgan fingerprint density at radius 3 is 2.54 bits per heavy atom. The van der Waals surface area contributed by atoms with Crippen LogP contribution >= 0.6 is 23.2 Å². The number of hydrazone groups is 1. The summed E-state index contributed by atoms with van der Waals surface area (Å²) in [6.07, 6.45) is 1.38. The molecule has 0 aliphatic rings. The van der Waals surface area contributed by atoms with Crippen molar-refractivity contribution in [3.05, 3.63) is 69.2 Å². The van der Waals surface area contributed by atoms with E-state index in [1.54, 1.807) is 30.3 Å². The minimum absolute atomic E-state index is 0.187. The van der Waals surface area contributed by atoms with Crippen molar-refractivity contribution in [2.75, 3.05) is 6.54 Å². The average molecular weight is 364 g/mol. The topological polar surface area (TPSA) is 70.6 Å². The van der Waals surface area contributed by atoms with Crippen LogP contribution in [0.4, 0.5) is 0 Å². The third-order valence-corrected chi connectivity index (χ3v) is 3.93. The van der Waals surface area contributed by atoms with Crippen LogP contribution in [0.3, 0.4) is 0 Å². The zero-order valence-electron chi connectivity index (χ0n) is 12.8. The van der Waals surface area contributed by atoms with E-state index < -0.39 is 5.91 Å². The Labute approximate surface area is 149 Å². The first-order valence-electron chi connectivity index (χ1n) is 7.08. The lowest BCUT2D eigenvalue weighted by Gasteiger charge is -2.05. The van der Waals surface area contributed by atoms with Gasteiger partial charge in [0, 0.05) is 11.1 Å². The van der Waals surface area contributed by atoms with Crippen LogP contribution in [0.2, 0.25) is 10.0 Å². The van der Waals surface area contributed by atoms with Crippen LogP contribution in [-0.2, 0) is 4.79 Å². The Morgan fingerprint density at radius 1 is 1.12 bits per heavy atom. The minimum atomic E-state index is -0.454. The van der Waals surface area contributed by atoms with Crippen molar-refractivity contribution in [2.45, 2.75) is 6.92 Å². The van der Waals surface area contributed by atoms with Crippen molar-refractivity contribution >= 4 is 41.2 Å². The maximum Gasteiger partial charge on any atom is 0.259 e. The zero-order chi connectivity index (χ0) is 17.5. The Kier molecular flexibility index (Phi) is 6.35. The average Bonchev–Trinajstić information content (AvgIpc) is 2.57. The molecule has 0 aliphatic heterocycles. The van der Waals surface area contributed by atoms with E-state index in [1.165, 1.54) is 6.21 Å². The largest absolute Gasteiger partial charge is 0.343 e. The second-order valence-electron chi connectivity index (χ2n) is 4.98. The summed E-state index contributed by atoms with van der Waals surface area (Å²) in [7, 11) is 0. The van der Waals surface area contributed by atoms with Crippen molar-refractivity contribution < 1.29 is 9.59 Å². The van der Waals surface area contributed by atoms with E-state index in [-0.39, 0.29) is 12.5 Å². The van der Waals surface area contributed by atoms with E-state index in [9.17, 15) is 9.59 Å². The van der Waals surface area contributed by atoms with Crippen molar-refractivity contribution in [1.29, 1.82) is 0 Å². The van der Waals surface area contributed by atoms with Crippen LogP contribution < -0.4 is 10.7 Å². The Morgan fingerprint density at radius 2 is 1.83 bits per heavy atom. The van der Waals surface area contributed by atoms with E-state index in [4.69, 9.17) is 23.2 Å². The molecule has 0 bridgehead atoms. The highest BCUT2D eigenvalue weighted by Gasteiger charge is 2.07. The molecule has 0 heterocycles. The van der Waals surface area contributed by atoms with Gasteiger partial charge in [0.25, 0.3) is 11.8 Å². The predicted molar refractivity (Wildman–Crippen MR) is 95.7 cm³/mol. The van der Waals surface area contributed by atoms with Crippen molar-refractivity contribution in [1.82, 2.24) is 10.7 Å². The van der Waals surface area contributed by atoms with Gasteiger partial charge in [-0.25, -0.2) is 5.43 Å². The highest BCUT2D eigenvalue weighted by atomic mass is 35.5. The van der Waals surface area contributed by atoms with Crippen LogP contribution in [0.1, 0.15) is 21.5 Å². The third-order valence-electron chi connectivity index (χ3n) is 3.10. The van der Waals surface area contributed by atoms with Crippen LogP contribution in [0.25, 0.3) is 0 Å². The van der Waals surface area contributed by atoms with Crippen molar-refractivity contribution in [2.24, 2.45) is 5.10 Å². The monoisotopic (exact) mass is 363 g/mol. The Balaban J connectivity index is 1.83. The van der Waals surface area contributed by atoms with Crippen LogP contribution in [0, 0.1) is 6.92 Å². The summed E-state index contributed by atoms with van der Waals surface area (Å²) in [5.41, 5.74) is 4.43. The van der Waals surface area contributed by atoms with E-state index in [0.29, 0.717) is 21.2 Å². The summed E-state index contributed by atoms with van der Waals surface area (Å²) in [6.45, 7) is 1.74. The van der Waals surface area contributed by atoms with Gasteiger partial charge in [0.15, 0.2) is 0 Å². The number of halogens is 2. The van der Waals surface area contributed by atoms with E-state index in [0.717, 1.165) is 5.56 Å². The molecule has 2 amide bonds. The first kappa shape index (κ1) is 18.0. The predicted octanol–water partition coefficient (Wildman–Crippen LogP) is 3.18. The number of benzene rings is 2. The lowest BCUT2D eigenvalue weighted by molar-refractivity contribution is -0.120. The number of carbonyl (C=O) groups excluding carboxylic acids is 2. The molecule has 124 valence electrons. The molecule has 0 aromatic heterocycles. The molecule has 5 nitrogen and oxygen atoms in total. The lowest BCUT2D eigenvalue weighted by atomic mass is 10.1. The van der Waals surface area contributed by atoms with Gasteiger partial charge in [-0.1, -0.05) is 53.0 Å². The summed E-state index contributed by atoms with van der Waals surface area (Å²) >= 11 is 11.9. The van der Waals surface area contributed by atoms with Gasteiger partial charge in [0.05, 0.1) is 22.8 Å². The van der Waals surface area contributed by atoms with E-state index in [1.807, 2.05) is 19.1 Å². The zero-order valence-corrected chi connectivity index (χ0v) is 14.4. The second kappa shape index (κ2) is 8.47. The molecule has 0 fully saturated rings. The van der Waals surface area contributed by atoms with Crippen LogP contribution in [0.5, 0.6) is 0 Å². The summed E-state index contributed by atoms with van der Waals surface area (Å²) in [5, 5.41) is 7.05. The first-order valence-corrected chi connectivity index (χ1v) is 7.84. The molecule has 7 heteroatoms. The number of amides is 2. The molecule has 2 aromatic rings. The highest BCUT2D eigenvalue weighted by molar-refractivity contribution is 6.43. The maximum absolute atomic E-state index is 11.9. The molecule has 0 saturated carbocycles. The van der Waals surface area contributed by atoms with E-state index >= 15 is 0 Å². The molecule has 0 atom stereocenters. The smallest absolute Gasteiger partial charge is 0.259 e. The number of hydrogen-bond donors (Lipinski definition) is 2.